The van der Waals surface area contributed by atoms with E-state index in [1.165, 1.54) is 6.07 Å². The summed E-state index contributed by atoms with van der Waals surface area (Å²) in [6, 6.07) is 15.0. The zero-order valence-electron chi connectivity index (χ0n) is 13.2. The zero-order chi connectivity index (χ0) is 15.8. The van der Waals surface area contributed by atoms with Crippen LogP contribution in [0, 0.1) is 5.82 Å². The zero-order valence-corrected chi connectivity index (χ0v) is 13.2. The van der Waals surface area contributed by atoms with Crippen LogP contribution in [0.25, 0.3) is 16.6 Å². The molecular formula is C19H20FN3. The first kappa shape index (κ1) is 14.4. The second-order valence-electron chi connectivity index (χ2n) is 6.34. The lowest BCUT2D eigenvalue weighted by molar-refractivity contribution is 0.253. The van der Waals surface area contributed by atoms with Crippen molar-refractivity contribution in [1.29, 1.82) is 0 Å². The van der Waals surface area contributed by atoms with Gasteiger partial charge < -0.3 is 4.90 Å². The minimum absolute atomic E-state index is 0.240. The van der Waals surface area contributed by atoms with Crippen molar-refractivity contribution in [3.05, 3.63) is 60.0 Å². The molecule has 2 heterocycles. The van der Waals surface area contributed by atoms with Crippen molar-refractivity contribution < 1.29 is 4.39 Å². The molecule has 1 aromatic heterocycles. The Kier molecular flexibility index (Phi) is 3.62. The van der Waals surface area contributed by atoms with Crippen molar-refractivity contribution in [3.8, 4) is 5.69 Å². The highest BCUT2D eigenvalue weighted by Crippen LogP contribution is 2.33. The van der Waals surface area contributed by atoms with Crippen LogP contribution in [0.2, 0.25) is 0 Å². The number of hydrogen-bond donors (Lipinski definition) is 0. The molecule has 1 aliphatic rings. The van der Waals surface area contributed by atoms with Crippen LogP contribution in [0.4, 0.5) is 4.39 Å². The molecule has 4 heteroatoms. The van der Waals surface area contributed by atoms with E-state index in [1.807, 2.05) is 24.3 Å². The number of likely N-dealkylation sites (tertiary alicyclic amines) is 1. The number of piperidine rings is 1. The molecule has 1 aliphatic heterocycles. The van der Waals surface area contributed by atoms with Crippen molar-refractivity contribution in [2.24, 2.45) is 0 Å². The number of benzene rings is 2. The van der Waals surface area contributed by atoms with Gasteiger partial charge in [-0.05, 0) is 51.2 Å². The Labute approximate surface area is 135 Å². The third-order valence-electron chi connectivity index (χ3n) is 4.80. The standard InChI is InChI=1S/C19H20FN3/c1-22-12-10-14(11-13-22)19-15-6-2-4-8-17(15)23(21-19)18-9-5-3-7-16(18)20/h2-9,14H,10-13H2,1H3. The first-order valence-electron chi connectivity index (χ1n) is 8.15. The normalized spacial score (nSPS) is 17.0. The summed E-state index contributed by atoms with van der Waals surface area (Å²) in [5.41, 5.74) is 2.60. The maximum Gasteiger partial charge on any atom is 0.148 e. The Morgan fingerprint density at radius 1 is 1.00 bits per heavy atom. The highest BCUT2D eigenvalue weighted by Gasteiger charge is 2.24. The smallest absolute Gasteiger partial charge is 0.148 e. The van der Waals surface area contributed by atoms with Gasteiger partial charge in [-0.25, -0.2) is 9.07 Å². The van der Waals surface area contributed by atoms with Crippen molar-refractivity contribution in [1.82, 2.24) is 14.7 Å². The van der Waals surface area contributed by atoms with Crippen LogP contribution in [0.1, 0.15) is 24.5 Å². The number of rotatable bonds is 2. The van der Waals surface area contributed by atoms with E-state index in [2.05, 4.69) is 18.0 Å². The Bertz CT molecular complexity index is 832. The lowest BCUT2D eigenvalue weighted by atomic mass is 9.92. The minimum atomic E-state index is -0.240. The molecule has 23 heavy (non-hydrogen) atoms. The highest BCUT2D eigenvalue weighted by atomic mass is 19.1. The van der Waals surface area contributed by atoms with E-state index in [9.17, 15) is 4.39 Å². The van der Waals surface area contributed by atoms with Crippen LogP contribution < -0.4 is 0 Å². The summed E-state index contributed by atoms with van der Waals surface area (Å²) in [4.78, 5) is 2.35. The molecule has 1 fully saturated rings. The SMILES string of the molecule is CN1CCC(c2nn(-c3ccccc3F)c3ccccc23)CC1. The molecule has 3 aromatic rings. The van der Waals surface area contributed by atoms with Crippen molar-refractivity contribution in [2.75, 3.05) is 20.1 Å². The molecule has 0 unspecified atom stereocenters. The molecule has 0 amide bonds. The fraction of sp³-hybridized carbons (Fsp3) is 0.316. The lowest BCUT2D eigenvalue weighted by Crippen LogP contribution is -2.29. The van der Waals surface area contributed by atoms with Gasteiger partial charge in [0.25, 0.3) is 0 Å². The van der Waals surface area contributed by atoms with E-state index in [1.54, 1.807) is 16.8 Å². The van der Waals surface area contributed by atoms with Gasteiger partial charge in [0.05, 0.1) is 11.2 Å². The van der Waals surface area contributed by atoms with Crippen LogP contribution >= 0.6 is 0 Å². The summed E-state index contributed by atoms with van der Waals surface area (Å²) in [7, 11) is 2.16. The molecule has 1 saturated heterocycles. The number of nitrogens with zero attached hydrogens (tertiary/aromatic N) is 3. The van der Waals surface area contributed by atoms with Gasteiger partial charge in [0.15, 0.2) is 0 Å². The molecule has 0 aliphatic carbocycles. The average Bonchev–Trinajstić information content (AvgIpc) is 2.96. The average molecular weight is 309 g/mol. The number of fused-ring (bicyclic) bond motifs is 1. The van der Waals surface area contributed by atoms with Gasteiger partial charge in [-0.2, -0.15) is 5.10 Å². The van der Waals surface area contributed by atoms with Gasteiger partial charge in [0.2, 0.25) is 0 Å². The second-order valence-corrected chi connectivity index (χ2v) is 6.34. The summed E-state index contributed by atoms with van der Waals surface area (Å²) in [6.45, 7) is 2.18. The van der Waals surface area contributed by atoms with Crippen LogP contribution in [0.3, 0.4) is 0 Å². The van der Waals surface area contributed by atoms with E-state index in [-0.39, 0.29) is 5.82 Å². The maximum atomic E-state index is 14.2. The molecule has 0 radical (unpaired) electrons. The molecular weight excluding hydrogens is 289 g/mol. The molecule has 0 N–H and O–H groups in total. The Morgan fingerprint density at radius 3 is 2.48 bits per heavy atom. The van der Waals surface area contributed by atoms with Gasteiger partial charge in [0.1, 0.15) is 11.5 Å². The summed E-state index contributed by atoms with van der Waals surface area (Å²) < 4.78 is 16.0. The number of para-hydroxylation sites is 2. The predicted molar refractivity (Wildman–Crippen MR) is 90.5 cm³/mol. The molecule has 4 rings (SSSR count). The fourth-order valence-electron chi connectivity index (χ4n) is 3.48. The van der Waals surface area contributed by atoms with Crippen molar-refractivity contribution in [2.45, 2.75) is 18.8 Å². The predicted octanol–water partition coefficient (Wildman–Crippen LogP) is 3.97. The van der Waals surface area contributed by atoms with Gasteiger partial charge in [-0.1, -0.05) is 30.3 Å². The number of halogens is 1. The van der Waals surface area contributed by atoms with E-state index in [0.717, 1.165) is 42.5 Å². The maximum absolute atomic E-state index is 14.2. The van der Waals surface area contributed by atoms with Crippen LogP contribution in [-0.2, 0) is 0 Å². The third kappa shape index (κ3) is 2.53. The summed E-state index contributed by atoms with van der Waals surface area (Å²) in [6.07, 6.45) is 2.21. The van der Waals surface area contributed by atoms with Crippen LogP contribution in [0.15, 0.2) is 48.5 Å². The third-order valence-corrected chi connectivity index (χ3v) is 4.80. The van der Waals surface area contributed by atoms with Crippen LogP contribution in [-0.4, -0.2) is 34.8 Å². The van der Waals surface area contributed by atoms with Gasteiger partial charge >= 0.3 is 0 Å². The summed E-state index contributed by atoms with van der Waals surface area (Å²) in [5.74, 6) is 0.208. The molecule has 118 valence electrons. The second kappa shape index (κ2) is 5.78. The fourth-order valence-corrected chi connectivity index (χ4v) is 3.48. The first-order chi connectivity index (χ1) is 11.2. The Hall–Kier alpha value is -2.20. The largest absolute Gasteiger partial charge is 0.306 e. The first-order valence-corrected chi connectivity index (χ1v) is 8.15. The molecule has 0 atom stereocenters. The van der Waals surface area contributed by atoms with E-state index < -0.39 is 0 Å². The topological polar surface area (TPSA) is 21.1 Å². The molecule has 2 aromatic carbocycles. The van der Waals surface area contributed by atoms with E-state index >= 15 is 0 Å². The molecule has 0 spiro atoms. The highest BCUT2D eigenvalue weighted by molar-refractivity contribution is 5.84. The lowest BCUT2D eigenvalue weighted by Gasteiger charge is -2.28. The Morgan fingerprint density at radius 2 is 1.70 bits per heavy atom. The number of aromatic nitrogens is 2. The Balaban J connectivity index is 1.85. The van der Waals surface area contributed by atoms with Crippen molar-refractivity contribution in [3.63, 3.8) is 0 Å². The monoisotopic (exact) mass is 309 g/mol. The van der Waals surface area contributed by atoms with Gasteiger partial charge in [-0.15, -0.1) is 0 Å². The number of hydrogen-bond acceptors (Lipinski definition) is 2. The van der Waals surface area contributed by atoms with E-state index in [0.29, 0.717) is 11.6 Å². The quantitative estimate of drug-likeness (QED) is 0.714. The van der Waals surface area contributed by atoms with E-state index in [4.69, 9.17) is 5.10 Å². The van der Waals surface area contributed by atoms with Crippen molar-refractivity contribution >= 4 is 10.9 Å². The summed E-state index contributed by atoms with van der Waals surface area (Å²) >= 11 is 0. The summed E-state index contributed by atoms with van der Waals surface area (Å²) in [5, 5.41) is 5.97. The molecule has 0 bridgehead atoms. The van der Waals surface area contributed by atoms with Gasteiger partial charge in [0, 0.05) is 11.3 Å². The molecule has 3 nitrogen and oxygen atoms in total. The molecule has 0 saturated carbocycles. The van der Waals surface area contributed by atoms with Gasteiger partial charge in [-0.3, -0.25) is 0 Å². The van der Waals surface area contributed by atoms with Crippen LogP contribution in [0.5, 0.6) is 0 Å². The minimum Gasteiger partial charge on any atom is -0.306 e.